The van der Waals surface area contributed by atoms with Gasteiger partial charge in [-0.15, -0.1) is 0 Å². The minimum atomic E-state index is 0.745. The van der Waals surface area contributed by atoms with Crippen LogP contribution in [-0.2, 0) is 0 Å². The smallest absolute Gasteiger partial charge is 0.115 e. The summed E-state index contributed by atoms with van der Waals surface area (Å²) in [5.41, 5.74) is 0.745. The van der Waals surface area contributed by atoms with Crippen LogP contribution in [0.1, 0.15) is 13.3 Å². The van der Waals surface area contributed by atoms with E-state index in [-0.39, 0.29) is 0 Å². The molecule has 0 aromatic rings. The number of allylic oxidation sites excluding steroid dienone is 2. The van der Waals surface area contributed by atoms with Crippen molar-refractivity contribution in [1.29, 1.82) is 0 Å². The molecule has 2 heteroatoms. The Hall–Kier alpha value is -0.525. The van der Waals surface area contributed by atoms with Crippen LogP contribution >= 0.6 is 0 Å². The van der Waals surface area contributed by atoms with Gasteiger partial charge < -0.3 is 0 Å². The van der Waals surface area contributed by atoms with E-state index in [0.717, 1.165) is 11.9 Å². The number of hydrogen-bond acceptors (Lipinski definition) is 1. The molecule has 0 aromatic heterocycles. The van der Waals surface area contributed by atoms with Crippen LogP contribution in [-0.4, -0.2) is 21.1 Å². The van der Waals surface area contributed by atoms with Gasteiger partial charge in [-0.1, -0.05) is 18.5 Å². The molecule has 0 unspecified atom stereocenters. The van der Waals surface area contributed by atoms with Crippen LogP contribution in [0.4, 0.5) is 0 Å². The minimum Gasteiger partial charge on any atom is -0.297 e. The summed E-state index contributed by atoms with van der Waals surface area (Å²) in [7, 11) is 7.11. The molecule has 0 aliphatic rings. The highest BCUT2D eigenvalue weighted by Crippen LogP contribution is 1.84. The second kappa shape index (κ2) is 4.63. The number of rotatable bonds is 2. The van der Waals surface area contributed by atoms with Crippen LogP contribution in [0.3, 0.4) is 0 Å². The van der Waals surface area contributed by atoms with E-state index < -0.39 is 0 Å². The van der Waals surface area contributed by atoms with Gasteiger partial charge >= 0.3 is 0 Å². The van der Waals surface area contributed by atoms with E-state index in [2.05, 4.69) is 4.99 Å². The molecule has 2 radical (unpaired) electrons. The third kappa shape index (κ3) is 3.66. The highest BCUT2D eigenvalue weighted by Gasteiger charge is 1.75. The number of nitrogens with zero attached hydrogens (tertiary/aromatic N) is 1. The van der Waals surface area contributed by atoms with E-state index >= 15 is 0 Å². The van der Waals surface area contributed by atoms with Gasteiger partial charge in [-0.25, -0.2) is 0 Å². The summed E-state index contributed by atoms with van der Waals surface area (Å²) in [4.78, 5) is 3.74. The first kappa shape index (κ1) is 7.47. The zero-order valence-electron chi connectivity index (χ0n) is 5.39. The summed E-state index contributed by atoms with van der Waals surface area (Å²) < 4.78 is 0. The molecule has 0 fully saturated rings. The lowest BCUT2D eigenvalue weighted by atomic mass is 9.96. The van der Waals surface area contributed by atoms with Gasteiger partial charge in [0.15, 0.2) is 0 Å². The lowest BCUT2D eigenvalue weighted by molar-refractivity contribution is 1.22. The predicted molar refractivity (Wildman–Crippen MR) is 38.5 cm³/mol. The van der Waals surface area contributed by atoms with Gasteiger partial charge in [0.05, 0.1) is 0 Å². The zero-order chi connectivity index (χ0) is 6.41. The first-order valence-corrected chi connectivity index (χ1v) is 2.69. The molecule has 0 heterocycles. The summed E-state index contributed by atoms with van der Waals surface area (Å²) in [6, 6.07) is 0. The molecule has 0 N–H and O–H groups in total. The second-order valence-electron chi connectivity index (χ2n) is 1.50. The van der Waals surface area contributed by atoms with E-state index in [1.54, 1.807) is 13.3 Å². The Labute approximate surface area is 51.9 Å². The lowest BCUT2D eigenvalue weighted by Crippen LogP contribution is -1.80. The van der Waals surface area contributed by atoms with Crippen molar-refractivity contribution in [1.82, 2.24) is 0 Å². The quantitative estimate of drug-likeness (QED) is 0.370. The molecular formula is C6H10BN. The normalized spacial score (nSPS) is 13.0. The highest BCUT2D eigenvalue weighted by atomic mass is 14.6. The van der Waals surface area contributed by atoms with Crippen LogP contribution in [0, 0.1) is 0 Å². The van der Waals surface area contributed by atoms with Crippen molar-refractivity contribution >= 4 is 14.1 Å². The van der Waals surface area contributed by atoms with Crippen molar-refractivity contribution in [2.24, 2.45) is 4.99 Å². The summed E-state index contributed by atoms with van der Waals surface area (Å²) in [6.07, 6.45) is 4.54. The van der Waals surface area contributed by atoms with Crippen molar-refractivity contribution in [3.8, 4) is 0 Å². The lowest BCUT2D eigenvalue weighted by Gasteiger charge is -1.85. The van der Waals surface area contributed by atoms with Crippen LogP contribution in [0.5, 0.6) is 0 Å². The average Bonchev–Trinajstić information content (AvgIpc) is 1.68. The molecular weight excluding hydrogens is 96.9 g/mol. The fourth-order valence-corrected chi connectivity index (χ4v) is 0.437. The van der Waals surface area contributed by atoms with Crippen molar-refractivity contribution in [3.63, 3.8) is 0 Å². The Morgan fingerprint density at radius 3 is 2.75 bits per heavy atom. The molecule has 0 aromatic carbocycles. The molecule has 0 spiro atoms. The van der Waals surface area contributed by atoms with Gasteiger partial charge in [-0.05, 0) is 6.42 Å². The average molecular weight is 107 g/mol. The summed E-state index contributed by atoms with van der Waals surface area (Å²) in [6.45, 7) is 2.04. The van der Waals surface area contributed by atoms with Crippen molar-refractivity contribution in [2.45, 2.75) is 13.3 Å². The molecule has 1 nitrogen and oxygen atoms in total. The molecule has 8 heavy (non-hydrogen) atoms. The third-order valence-electron chi connectivity index (χ3n) is 0.718. The van der Waals surface area contributed by atoms with Gasteiger partial charge in [0.1, 0.15) is 7.85 Å². The summed E-state index contributed by atoms with van der Waals surface area (Å²) in [5.74, 6) is 0. The molecule has 0 bridgehead atoms. The Balaban J connectivity index is 3.61. The fourth-order valence-electron chi connectivity index (χ4n) is 0.437. The molecule has 0 aliphatic heterocycles. The molecule has 42 valence electrons. The van der Waals surface area contributed by atoms with E-state index in [4.69, 9.17) is 7.85 Å². The summed E-state index contributed by atoms with van der Waals surface area (Å²) >= 11 is 0. The van der Waals surface area contributed by atoms with Crippen molar-refractivity contribution in [3.05, 3.63) is 11.5 Å². The van der Waals surface area contributed by atoms with Gasteiger partial charge in [0.2, 0.25) is 0 Å². The van der Waals surface area contributed by atoms with Gasteiger partial charge in [0, 0.05) is 13.3 Å². The Bertz CT molecular complexity index is 105. The molecule has 0 atom stereocenters. The largest absolute Gasteiger partial charge is 0.297 e. The zero-order valence-corrected chi connectivity index (χ0v) is 5.39. The fraction of sp³-hybridized carbons (Fsp3) is 0.500. The summed E-state index contributed by atoms with van der Waals surface area (Å²) in [5, 5.41) is 0. The SMILES string of the molecule is [B]/C(C=NC)=C/CC. The number of aliphatic imine (C=N–C) groups is 1. The highest BCUT2D eigenvalue weighted by molar-refractivity contribution is 6.32. The monoisotopic (exact) mass is 107 g/mol. The maximum atomic E-state index is 5.41. The molecule has 0 saturated heterocycles. The molecule has 0 amide bonds. The Morgan fingerprint density at radius 1 is 1.75 bits per heavy atom. The minimum absolute atomic E-state index is 0.745. The Morgan fingerprint density at radius 2 is 2.38 bits per heavy atom. The van der Waals surface area contributed by atoms with Crippen LogP contribution in [0.25, 0.3) is 0 Å². The standard InChI is InChI=1S/C6H10BN/c1-3-4-6(7)5-8-2/h4-5H,3H2,1-2H3/b6-4+,8-5?. The molecule has 0 saturated carbocycles. The van der Waals surface area contributed by atoms with Gasteiger partial charge in [0.25, 0.3) is 0 Å². The molecule has 0 aliphatic carbocycles. The van der Waals surface area contributed by atoms with E-state index in [9.17, 15) is 0 Å². The van der Waals surface area contributed by atoms with E-state index in [1.807, 2.05) is 13.0 Å². The van der Waals surface area contributed by atoms with Gasteiger partial charge in [-0.3, -0.25) is 4.99 Å². The van der Waals surface area contributed by atoms with Crippen LogP contribution in [0.15, 0.2) is 16.5 Å². The van der Waals surface area contributed by atoms with Crippen LogP contribution in [0.2, 0.25) is 0 Å². The first-order valence-electron chi connectivity index (χ1n) is 2.69. The third-order valence-corrected chi connectivity index (χ3v) is 0.718. The number of hydrogen-bond donors (Lipinski definition) is 0. The molecule has 0 rings (SSSR count). The van der Waals surface area contributed by atoms with E-state index in [0.29, 0.717) is 0 Å². The van der Waals surface area contributed by atoms with Crippen LogP contribution < -0.4 is 0 Å². The predicted octanol–water partition coefficient (Wildman–Crippen LogP) is 1.15. The Kier molecular flexibility index (Phi) is 4.33. The van der Waals surface area contributed by atoms with Gasteiger partial charge in [-0.2, -0.15) is 0 Å². The first-order chi connectivity index (χ1) is 3.81. The van der Waals surface area contributed by atoms with Crippen molar-refractivity contribution in [2.75, 3.05) is 7.05 Å². The topological polar surface area (TPSA) is 12.4 Å². The van der Waals surface area contributed by atoms with E-state index in [1.165, 1.54) is 0 Å². The second-order valence-corrected chi connectivity index (χ2v) is 1.50. The van der Waals surface area contributed by atoms with Crippen molar-refractivity contribution < 1.29 is 0 Å². The maximum Gasteiger partial charge on any atom is 0.115 e. The maximum absolute atomic E-state index is 5.41.